The van der Waals surface area contributed by atoms with Crippen molar-refractivity contribution in [2.24, 2.45) is 7.05 Å². The predicted octanol–water partition coefficient (Wildman–Crippen LogP) is 2.07. The first-order valence-electron chi connectivity index (χ1n) is 7.10. The van der Waals surface area contributed by atoms with Crippen LogP contribution in [-0.2, 0) is 13.2 Å². The molecule has 0 radical (unpaired) electrons. The number of carbonyl (C=O) groups excluding carboxylic acids is 1. The van der Waals surface area contributed by atoms with Gasteiger partial charge >= 0.3 is 6.18 Å². The van der Waals surface area contributed by atoms with E-state index in [0.29, 0.717) is 16.7 Å². The topological polar surface area (TPSA) is 76.8 Å². The number of nitrogens with one attached hydrogen (secondary N) is 1. The average molecular weight is 352 g/mol. The number of benzene rings is 1. The fraction of sp³-hybridized carbons (Fsp3) is 0.200. The average Bonchev–Trinajstić information content (AvgIpc) is 3.16. The monoisotopic (exact) mass is 352 g/mol. The molecule has 2 heterocycles. The minimum absolute atomic E-state index is 0.0454. The summed E-state index contributed by atoms with van der Waals surface area (Å²) in [6, 6.07) is 5.41. The Labute approximate surface area is 139 Å². The SMILES string of the molecule is Cc1cc(-c2cc(C(F)(F)F)on2)ccc1C(=O)N[n+]1cnn(C)c1. The Morgan fingerprint density at radius 1 is 1.32 bits per heavy atom. The summed E-state index contributed by atoms with van der Waals surface area (Å²) in [4.78, 5) is 12.3. The molecule has 3 aromatic rings. The van der Waals surface area contributed by atoms with Crippen LogP contribution in [0.1, 0.15) is 21.7 Å². The van der Waals surface area contributed by atoms with Gasteiger partial charge in [-0.15, -0.1) is 9.36 Å². The summed E-state index contributed by atoms with van der Waals surface area (Å²) < 4.78 is 45.0. The van der Waals surface area contributed by atoms with E-state index in [1.54, 1.807) is 26.4 Å². The number of aromatic nitrogens is 4. The molecular formula is C15H13F3N5O2+. The number of aryl methyl sites for hydroxylation is 2. The highest BCUT2D eigenvalue weighted by Gasteiger charge is 2.36. The standard InChI is InChI=1S/C15H12F3N5O2/c1-9-5-10(12-6-13(25-21-12)15(16,17)18)3-4-11(9)14(24)20-23-7-19-22(2)8-23/h3-8H,1-2H3/p+1. The van der Waals surface area contributed by atoms with Crippen molar-refractivity contribution in [3.05, 3.63) is 53.8 Å². The van der Waals surface area contributed by atoms with Crippen molar-refractivity contribution in [3.63, 3.8) is 0 Å². The van der Waals surface area contributed by atoms with Crippen LogP contribution in [0, 0.1) is 6.92 Å². The van der Waals surface area contributed by atoms with Gasteiger partial charge in [-0.3, -0.25) is 4.79 Å². The van der Waals surface area contributed by atoms with Gasteiger partial charge in [0.15, 0.2) is 0 Å². The molecule has 0 bridgehead atoms. The Kier molecular flexibility index (Phi) is 4.03. The largest absolute Gasteiger partial charge is 0.452 e. The molecule has 0 aliphatic rings. The quantitative estimate of drug-likeness (QED) is 0.732. The lowest BCUT2D eigenvalue weighted by atomic mass is 10.0. The maximum atomic E-state index is 12.6. The van der Waals surface area contributed by atoms with Crippen molar-refractivity contribution in [1.29, 1.82) is 0 Å². The molecule has 1 aromatic carbocycles. The van der Waals surface area contributed by atoms with Crippen molar-refractivity contribution in [2.75, 3.05) is 5.43 Å². The van der Waals surface area contributed by atoms with Crippen molar-refractivity contribution in [2.45, 2.75) is 13.1 Å². The highest BCUT2D eigenvalue weighted by atomic mass is 19.4. The molecule has 130 valence electrons. The van der Waals surface area contributed by atoms with Crippen LogP contribution < -0.4 is 10.1 Å². The van der Waals surface area contributed by atoms with E-state index in [1.165, 1.54) is 27.8 Å². The molecular weight excluding hydrogens is 339 g/mol. The molecule has 0 atom stereocenters. The molecule has 1 amide bonds. The zero-order valence-electron chi connectivity index (χ0n) is 13.2. The predicted molar refractivity (Wildman–Crippen MR) is 78.8 cm³/mol. The van der Waals surface area contributed by atoms with Gasteiger partial charge in [0.1, 0.15) is 5.69 Å². The smallest absolute Gasteiger partial charge is 0.351 e. The molecule has 0 aliphatic heterocycles. The summed E-state index contributed by atoms with van der Waals surface area (Å²) in [5.74, 6) is -1.55. The molecule has 0 fully saturated rings. The molecule has 0 spiro atoms. The lowest BCUT2D eigenvalue weighted by Gasteiger charge is -2.06. The Bertz CT molecular complexity index is 929. The Hall–Kier alpha value is -3.17. The van der Waals surface area contributed by atoms with Crippen LogP contribution in [0.4, 0.5) is 13.2 Å². The number of alkyl halides is 3. The van der Waals surface area contributed by atoms with Crippen LogP contribution in [0.2, 0.25) is 0 Å². The Morgan fingerprint density at radius 3 is 2.64 bits per heavy atom. The van der Waals surface area contributed by atoms with Gasteiger partial charge in [-0.05, 0) is 24.6 Å². The third-order valence-electron chi connectivity index (χ3n) is 3.44. The Balaban J connectivity index is 1.83. The first kappa shape index (κ1) is 16.7. The normalized spacial score (nSPS) is 11.6. The maximum Gasteiger partial charge on any atom is 0.452 e. The van der Waals surface area contributed by atoms with Crippen LogP contribution in [0.15, 0.2) is 41.4 Å². The molecule has 25 heavy (non-hydrogen) atoms. The number of amides is 1. The first-order chi connectivity index (χ1) is 11.7. The highest BCUT2D eigenvalue weighted by molar-refractivity contribution is 6.00. The fourth-order valence-electron chi connectivity index (χ4n) is 2.23. The molecule has 0 saturated heterocycles. The minimum atomic E-state index is -4.60. The molecule has 3 rings (SSSR count). The molecule has 0 aliphatic carbocycles. The highest BCUT2D eigenvalue weighted by Crippen LogP contribution is 2.32. The van der Waals surface area contributed by atoms with E-state index in [4.69, 9.17) is 0 Å². The summed E-state index contributed by atoms with van der Waals surface area (Å²) in [6.45, 7) is 1.68. The zero-order valence-corrected chi connectivity index (χ0v) is 13.2. The van der Waals surface area contributed by atoms with E-state index in [9.17, 15) is 18.0 Å². The molecule has 2 aromatic heterocycles. The molecule has 10 heteroatoms. The fourth-order valence-corrected chi connectivity index (χ4v) is 2.23. The molecule has 7 nitrogen and oxygen atoms in total. The number of nitrogens with zero attached hydrogens (tertiary/aromatic N) is 4. The maximum absolute atomic E-state index is 12.6. The van der Waals surface area contributed by atoms with Crippen molar-refractivity contribution >= 4 is 5.91 Å². The van der Waals surface area contributed by atoms with Crippen molar-refractivity contribution in [1.82, 2.24) is 14.9 Å². The van der Waals surface area contributed by atoms with Gasteiger partial charge in [0.25, 0.3) is 12.2 Å². The van der Waals surface area contributed by atoms with Gasteiger partial charge in [-0.2, -0.15) is 13.2 Å². The summed E-state index contributed by atoms with van der Waals surface area (Å²) in [5.41, 5.74) is 4.03. The van der Waals surface area contributed by atoms with Gasteiger partial charge in [0, 0.05) is 22.3 Å². The summed E-state index contributed by atoms with van der Waals surface area (Å²) in [7, 11) is 1.70. The first-order valence-corrected chi connectivity index (χ1v) is 7.10. The van der Waals surface area contributed by atoms with Gasteiger partial charge in [-0.1, -0.05) is 11.2 Å². The molecule has 1 N–H and O–H groups in total. The van der Waals surface area contributed by atoms with E-state index in [-0.39, 0.29) is 11.6 Å². The van der Waals surface area contributed by atoms with Crippen LogP contribution >= 0.6 is 0 Å². The van der Waals surface area contributed by atoms with E-state index in [1.807, 2.05) is 0 Å². The van der Waals surface area contributed by atoms with Crippen LogP contribution in [-0.4, -0.2) is 20.8 Å². The lowest BCUT2D eigenvalue weighted by molar-refractivity contribution is -0.642. The lowest BCUT2D eigenvalue weighted by Crippen LogP contribution is -2.46. The summed E-state index contributed by atoms with van der Waals surface area (Å²) in [5, 5.41) is 7.34. The van der Waals surface area contributed by atoms with Crippen LogP contribution in [0.3, 0.4) is 0 Å². The molecule has 0 unspecified atom stereocenters. The van der Waals surface area contributed by atoms with Crippen molar-refractivity contribution in [3.8, 4) is 11.3 Å². The van der Waals surface area contributed by atoms with Crippen LogP contribution in [0.25, 0.3) is 11.3 Å². The number of hydrogen-bond donors (Lipinski definition) is 1. The van der Waals surface area contributed by atoms with E-state index < -0.39 is 11.9 Å². The Morgan fingerprint density at radius 2 is 2.08 bits per heavy atom. The number of hydrogen-bond acceptors (Lipinski definition) is 4. The number of halogens is 3. The molecule has 0 saturated carbocycles. The number of carbonyl (C=O) groups is 1. The van der Waals surface area contributed by atoms with E-state index in [0.717, 1.165) is 6.07 Å². The summed E-state index contributed by atoms with van der Waals surface area (Å²) >= 11 is 0. The van der Waals surface area contributed by atoms with E-state index >= 15 is 0 Å². The van der Waals surface area contributed by atoms with Crippen LogP contribution in [0.5, 0.6) is 0 Å². The van der Waals surface area contributed by atoms with Gasteiger partial charge in [0.2, 0.25) is 12.1 Å². The zero-order chi connectivity index (χ0) is 18.2. The van der Waals surface area contributed by atoms with Crippen molar-refractivity contribution < 1.29 is 27.2 Å². The number of rotatable bonds is 3. The summed E-state index contributed by atoms with van der Waals surface area (Å²) in [6.07, 6.45) is -1.60. The van der Waals surface area contributed by atoms with E-state index in [2.05, 4.69) is 20.2 Å². The van der Waals surface area contributed by atoms with Gasteiger partial charge in [0.05, 0.1) is 7.05 Å². The second-order valence-electron chi connectivity index (χ2n) is 5.37. The van der Waals surface area contributed by atoms with Gasteiger partial charge in [-0.25, -0.2) is 5.43 Å². The second kappa shape index (κ2) is 6.04. The second-order valence-corrected chi connectivity index (χ2v) is 5.37. The van der Waals surface area contributed by atoms with Gasteiger partial charge < -0.3 is 4.52 Å². The minimum Gasteiger partial charge on any atom is -0.351 e. The third kappa shape index (κ3) is 3.52. The third-order valence-corrected chi connectivity index (χ3v) is 3.44.